The molecule has 0 fully saturated rings. The van der Waals surface area contributed by atoms with Crippen LogP contribution in [0.5, 0.6) is 0 Å². The second-order valence-corrected chi connectivity index (χ2v) is 3.95. The molecule has 18 heavy (non-hydrogen) atoms. The average Bonchev–Trinajstić information content (AvgIpc) is 2.77. The molecule has 7 nitrogen and oxygen atoms in total. The first-order valence-corrected chi connectivity index (χ1v) is 5.52. The summed E-state index contributed by atoms with van der Waals surface area (Å²) in [6, 6.07) is 1.55. The molecule has 0 spiro atoms. The number of hydrogen-bond acceptors (Lipinski definition) is 5. The van der Waals surface area contributed by atoms with Crippen LogP contribution in [0.3, 0.4) is 0 Å². The number of nitrogens with one attached hydrogen (secondary N) is 1. The summed E-state index contributed by atoms with van der Waals surface area (Å²) in [6.45, 7) is 1.78. The van der Waals surface area contributed by atoms with Gasteiger partial charge in [-0.1, -0.05) is 0 Å². The van der Waals surface area contributed by atoms with Crippen LogP contribution in [-0.2, 0) is 4.79 Å². The molecule has 1 atom stereocenters. The van der Waals surface area contributed by atoms with Crippen molar-refractivity contribution in [2.24, 2.45) is 5.73 Å². The normalized spacial score (nSPS) is 12.1. The van der Waals surface area contributed by atoms with Gasteiger partial charge in [-0.25, -0.2) is 14.6 Å². The van der Waals surface area contributed by atoms with Crippen molar-refractivity contribution in [3.8, 4) is 5.95 Å². The molecule has 0 radical (unpaired) electrons. The molecule has 2 rings (SSSR count). The van der Waals surface area contributed by atoms with Gasteiger partial charge in [0.25, 0.3) is 0 Å². The summed E-state index contributed by atoms with van der Waals surface area (Å²) in [5, 5.41) is 6.77. The van der Waals surface area contributed by atoms with Gasteiger partial charge < -0.3 is 11.1 Å². The van der Waals surface area contributed by atoms with Crippen LogP contribution in [0.25, 0.3) is 5.95 Å². The Morgan fingerprint density at radius 3 is 2.89 bits per heavy atom. The van der Waals surface area contributed by atoms with Gasteiger partial charge in [0.05, 0.1) is 18.1 Å². The van der Waals surface area contributed by atoms with Crippen LogP contribution in [0.4, 0.5) is 5.69 Å². The highest BCUT2D eigenvalue weighted by Gasteiger charge is 2.08. The number of nitrogens with two attached hydrogens (primary N) is 1. The van der Waals surface area contributed by atoms with Crippen molar-refractivity contribution in [1.82, 2.24) is 19.7 Å². The molecule has 94 valence electrons. The summed E-state index contributed by atoms with van der Waals surface area (Å²) in [5.41, 5.74) is 6.13. The molecule has 2 heterocycles. The lowest BCUT2D eigenvalue weighted by Crippen LogP contribution is -2.23. The fourth-order valence-corrected chi connectivity index (χ4v) is 1.41. The first kappa shape index (κ1) is 12.2. The molecular formula is C11H14N6O. The Bertz CT molecular complexity index is 521. The highest BCUT2D eigenvalue weighted by atomic mass is 16.1. The van der Waals surface area contributed by atoms with Gasteiger partial charge in [-0.2, -0.15) is 5.10 Å². The maximum Gasteiger partial charge on any atom is 0.250 e. The van der Waals surface area contributed by atoms with E-state index in [4.69, 9.17) is 5.73 Å². The quantitative estimate of drug-likeness (QED) is 0.810. The Kier molecular flexibility index (Phi) is 3.63. The molecule has 0 aliphatic carbocycles. The SMILES string of the molecule is CC(N)CC(=O)Nc1cnn(-c2ncccn2)c1. The smallest absolute Gasteiger partial charge is 0.250 e. The van der Waals surface area contributed by atoms with Crippen LogP contribution < -0.4 is 11.1 Å². The minimum absolute atomic E-state index is 0.140. The number of rotatable bonds is 4. The van der Waals surface area contributed by atoms with E-state index in [2.05, 4.69) is 20.4 Å². The third kappa shape index (κ3) is 3.11. The number of nitrogens with zero attached hydrogens (tertiary/aromatic N) is 4. The van der Waals surface area contributed by atoms with Crippen LogP contribution in [0, 0.1) is 0 Å². The highest BCUT2D eigenvalue weighted by molar-refractivity contribution is 5.90. The van der Waals surface area contributed by atoms with E-state index >= 15 is 0 Å². The summed E-state index contributed by atoms with van der Waals surface area (Å²) in [4.78, 5) is 19.6. The van der Waals surface area contributed by atoms with Crippen LogP contribution in [0.2, 0.25) is 0 Å². The van der Waals surface area contributed by atoms with Gasteiger partial charge in [-0.3, -0.25) is 4.79 Å². The Balaban J connectivity index is 2.05. The lowest BCUT2D eigenvalue weighted by molar-refractivity contribution is -0.116. The van der Waals surface area contributed by atoms with Gasteiger partial charge in [0, 0.05) is 24.9 Å². The van der Waals surface area contributed by atoms with Crippen molar-refractivity contribution in [2.75, 3.05) is 5.32 Å². The Morgan fingerprint density at radius 1 is 1.50 bits per heavy atom. The van der Waals surface area contributed by atoms with Gasteiger partial charge in [0.1, 0.15) is 0 Å². The van der Waals surface area contributed by atoms with E-state index in [1.54, 1.807) is 31.6 Å². The molecule has 3 N–H and O–H groups in total. The van der Waals surface area contributed by atoms with E-state index in [1.807, 2.05) is 0 Å². The van der Waals surface area contributed by atoms with Crippen molar-refractivity contribution >= 4 is 11.6 Å². The molecule has 0 aromatic carbocycles. The van der Waals surface area contributed by atoms with Gasteiger partial charge in [-0.15, -0.1) is 0 Å². The fourth-order valence-electron chi connectivity index (χ4n) is 1.41. The van der Waals surface area contributed by atoms with Crippen molar-refractivity contribution in [1.29, 1.82) is 0 Å². The van der Waals surface area contributed by atoms with Crippen LogP contribution in [-0.4, -0.2) is 31.7 Å². The topological polar surface area (TPSA) is 98.7 Å². The number of hydrogen-bond donors (Lipinski definition) is 2. The molecule has 1 amide bonds. The zero-order chi connectivity index (χ0) is 13.0. The molecule has 0 saturated carbocycles. The molecule has 0 aliphatic heterocycles. The molecule has 2 aromatic heterocycles. The minimum Gasteiger partial charge on any atom is -0.327 e. The number of amides is 1. The fraction of sp³-hybridized carbons (Fsp3) is 0.273. The van der Waals surface area contributed by atoms with Crippen LogP contribution in [0.15, 0.2) is 30.9 Å². The van der Waals surface area contributed by atoms with E-state index in [-0.39, 0.29) is 18.4 Å². The lowest BCUT2D eigenvalue weighted by Gasteiger charge is -2.04. The van der Waals surface area contributed by atoms with Crippen LogP contribution >= 0.6 is 0 Å². The summed E-state index contributed by atoms with van der Waals surface area (Å²) in [6.07, 6.45) is 6.70. The largest absolute Gasteiger partial charge is 0.327 e. The second kappa shape index (κ2) is 5.37. The lowest BCUT2D eigenvalue weighted by atomic mass is 10.2. The number of carbonyl (C=O) groups excluding carboxylic acids is 1. The van der Waals surface area contributed by atoms with Gasteiger partial charge in [-0.05, 0) is 13.0 Å². The monoisotopic (exact) mass is 246 g/mol. The summed E-state index contributed by atoms with van der Waals surface area (Å²) < 4.78 is 1.49. The van der Waals surface area contributed by atoms with Crippen LogP contribution in [0.1, 0.15) is 13.3 Å². The predicted octanol–water partition coefficient (Wildman–Crippen LogP) is 0.338. The molecular weight excluding hydrogens is 232 g/mol. The van der Waals surface area contributed by atoms with Crippen molar-refractivity contribution in [3.63, 3.8) is 0 Å². The predicted molar refractivity (Wildman–Crippen MR) is 66.1 cm³/mol. The molecule has 2 aromatic rings. The van der Waals surface area contributed by atoms with Crippen molar-refractivity contribution in [2.45, 2.75) is 19.4 Å². The minimum atomic E-state index is -0.169. The molecule has 0 aliphatic rings. The number of anilines is 1. The summed E-state index contributed by atoms with van der Waals surface area (Å²) in [5.74, 6) is 0.309. The Morgan fingerprint density at radius 2 is 2.22 bits per heavy atom. The van der Waals surface area contributed by atoms with Crippen molar-refractivity contribution < 1.29 is 4.79 Å². The summed E-state index contributed by atoms with van der Waals surface area (Å²) in [7, 11) is 0. The standard InChI is InChI=1S/C11H14N6O/c1-8(12)5-10(18)16-9-6-15-17(7-9)11-13-3-2-4-14-11/h2-4,6-8H,5,12H2,1H3,(H,16,18). The summed E-state index contributed by atoms with van der Waals surface area (Å²) >= 11 is 0. The highest BCUT2D eigenvalue weighted by Crippen LogP contribution is 2.08. The van der Waals surface area contributed by atoms with Gasteiger partial charge in [0.15, 0.2) is 0 Å². The Hall–Kier alpha value is -2.28. The molecule has 7 heteroatoms. The first-order chi connectivity index (χ1) is 8.65. The average molecular weight is 246 g/mol. The molecule has 1 unspecified atom stereocenters. The van der Waals surface area contributed by atoms with E-state index in [9.17, 15) is 4.79 Å². The zero-order valence-electron chi connectivity index (χ0n) is 9.95. The van der Waals surface area contributed by atoms with Gasteiger partial charge >= 0.3 is 0 Å². The van der Waals surface area contributed by atoms with Gasteiger partial charge in [0.2, 0.25) is 11.9 Å². The number of aromatic nitrogens is 4. The maximum atomic E-state index is 11.5. The zero-order valence-corrected chi connectivity index (χ0v) is 9.95. The number of carbonyl (C=O) groups is 1. The molecule has 0 saturated heterocycles. The molecule has 0 bridgehead atoms. The third-order valence-electron chi connectivity index (χ3n) is 2.13. The van der Waals surface area contributed by atoms with E-state index in [0.717, 1.165) is 0 Å². The maximum absolute atomic E-state index is 11.5. The van der Waals surface area contributed by atoms with E-state index in [1.165, 1.54) is 10.9 Å². The van der Waals surface area contributed by atoms with E-state index < -0.39 is 0 Å². The first-order valence-electron chi connectivity index (χ1n) is 5.52. The van der Waals surface area contributed by atoms with E-state index in [0.29, 0.717) is 11.6 Å². The third-order valence-corrected chi connectivity index (χ3v) is 2.13. The van der Waals surface area contributed by atoms with Crippen molar-refractivity contribution in [3.05, 3.63) is 30.9 Å². The Labute approximate surface area is 104 Å². The second-order valence-electron chi connectivity index (χ2n) is 3.95.